The van der Waals surface area contributed by atoms with E-state index in [2.05, 4.69) is 6.07 Å². The average Bonchev–Trinajstić information content (AvgIpc) is 2.48. The highest BCUT2D eigenvalue weighted by molar-refractivity contribution is 5.78. The van der Waals surface area contributed by atoms with E-state index >= 15 is 0 Å². The van der Waals surface area contributed by atoms with Crippen LogP contribution in [0.4, 0.5) is 0 Å². The summed E-state index contributed by atoms with van der Waals surface area (Å²) in [5, 5.41) is 8.82. The maximum absolute atomic E-state index is 11.9. The van der Waals surface area contributed by atoms with E-state index in [-0.39, 0.29) is 5.91 Å². The molecule has 0 aliphatic carbocycles. The Kier molecular flexibility index (Phi) is 7.27. The van der Waals surface area contributed by atoms with Gasteiger partial charge in [-0.05, 0) is 39.1 Å². The molecule has 0 radical (unpaired) electrons. The van der Waals surface area contributed by atoms with Gasteiger partial charge in [-0.2, -0.15) is 5.26 Å². The minimum Gasteiger partial charge on any atom is -0.492 e. The first-order chi connectivity index (χ1) is 10.1. The SMILES string of the molecule is CCN(CC)C(=O)CN(C)CCOc1cccc(C#N)c1. The second-order valence-corrected chi connectivity index (χ2v) is 4.79. The Hall–Kier alpha value is -2.06. The van der Waals surface area contributed by atoms with Crippen LogP contribution in [-0.2, 0) is 4.79 Å². The van der Waals surface area contributed by atoms with Crippen molar-refractivity contribution < 1.29 is 9.53 Å². The lowest BCUT2D eigenvalue weighted by Crippen LogP contribution is -2.39. The van der Waals surface area contributed by atoms with Gasteiger partial charge in [-0.3, -0.25) is 9.69 Å². The Labute approximate surface area is 126 Å². The molecule has 0 atom stereocenters. The average molecular weight is 289 g/mol. The summed E-state index contributed by atoms with van der Waals surface area (Å²) >= 11 is 0. The molecule has 0 unspecified atom stereocenters. The molecular formula is C16H23N3O2. The van der Waals surface area contributed by atoms with Crippen molar-refractivity contribution in [3.8, 4) is 11.8 Å². The molecule has 0 heterocycles. The topological polar surface area (TPSA) is 56.6 Å². The third-order valence-corrected chi connectivity index (χ3v) is 3.23. The van der Waals surface area contributed by atoms with Crippen LogP contribution >= 0.6 is 0 Å². The normalized spacial score (nSPS) is 10.2. The molecule has 5 nitrogen and oxygen atoms in total. The van der Waals surface area contributed by atoms with Crippen molar-refractivity contribution in [3.63, 3.8) is 0 Å². The van der Waals surface area contributed by atoms with Crippen LogP contribution in [0.25, 0.3) is 0 Å². The van der Waals surface area contributed by atoms with Crippen LogP contribution in [0.1, 0.15) is 19.4 Å². The minimum atomic E-state index is 0.133. The van der Waals surface area contributed by atoms with Crippen molar-refractivity contribution in [2.24, 2.45) is 0 Å². The fraction of sp³-hybridized carbons (Fsp3) is 0.500. The maximum Gasteiger partial charge on any atom is 0.236 e. The quantitative estimate of drug-likeness (QED) is 0.731. The molecular weight excluding hydrogens is 266 g/mol. The Morgan fingerprint density at radius 2 is 2.05 bits per heavy atom. The molecule has 0 aromatic heterocycles. The second-order valence-electron chi connectivity index (χ2n) is 4.79. The molecule has 0 N–H and O–H groups in total. The number of rotatable bonds is 8. The summed E-state index contributed by atoms with van der Waals surface area (Å²) in [5.41, 5.74) is 0.581. The molecule has 0 aliphatic heterocycles. The van der Waals surface area contributed by atoms with Crippen LogP contribution < -0.4 is 4.74 Å². The zero-order valence-corrected chi connectivity index (χ0v) is 13.0. The van der Waals surface area contributed by atoms with Crippen molar-refractivity contribution in [3.05, 3.63) is 29.8 Å². The largest absolute Gasteiger partial charge is 0.492 e. The van der Waals surface area contributed by atoms with E-state index in [0.717, 1.165) is 13.1 Å². The molecule has 0 spiro atoms. The molecule has 21 heavy (non-hydrogen) atoms. The van der Waals surface area contributed by atoms with Gasteiger partial charge in [0.15, 0.2) is 0 Å². The van der Waals surface area contributed by atoms with Gasteiger partial charge in [-0.25, -0.2) is 0 Å². The highest BCUT2D eigenvalue weighted by Crippen LogP contribution is 2.12. The van der Waals surface area contributed by atoms with Crippen molar-refractivity contribution in [1.29, 1.82) is 5.26 Å². The van der Waals surface area contributed by atoms with Gasteiger partial charge < -0.3 is 9.64 Å². The Morgan fingerprint density at radius 3 is 2.67 bits per heavy atom. The number of likely N-dealkylation sites (N-methyl/N-ethyl adjacent to an activating group) is 2. The van der Waals surface area contributed by atoms with Crippen LogP contribution in [-0.4, -0.2) is 55.5 Å². The van der Waals surface area contributed by atoms with Crippen LogP contribution in [0.5, 0.6) is 5.75 Å². The molecule has 1 aromatic carbocycles. The number of hydrogen-bond acceptors (Lipinski definition) is 4. The van der Waals surface area contributed by atoms with Crippen LogP contribution in [0.2, 0.25) is 0 Å². The number of carbonyl (C=O) groups is 1. The third-order valence-electron chi connectivity index (χ3n) is 3.23. The molecule has 1 amide bonds. The Balaban J connectivity index is 2.35. The lowest BCUT2D eigenvalue weighted by molar-refractivity contribution is -0.131. The minimum absolute atomic E-state index is 0.133. The fourth-order valence-corrected chi connectivity index (χ4v) is 1.96. The van der Waals surface area contributed by atoms with Gasteiger partial charge >= 0.3 is 0 Å². The monoisotopic (exact) mass is 289 g/mol. The fourth-order valence-electron chi connectivity index (χ4n) is 1.96. The maximum atomic E-state index is 11.9. The molecule has 1 aromatic rings. The van der Waals surface area contributed by atoms with E-state index in [1.54, 1.807) is 18.2 Å². The van der Waals surface area contributed by atoms with Crippen LogP contribution in [0.3, 0.4) is 0 Å². The summed E-state index contributed by atoms with van der Waals surface area (Å²) in [6.45, 7) is 6.96. The Bertz CT molecular complexity index is 493. The zero-order valence-electron chi connectivity index (χ0n) is 13.0. The molecule has 1 rings (SSSR count). The molecule has 0 saturated heterocycles. The number of hydrogen-bond donors (Lipinski definition) is 0. The smallest absolute Gasteiger partial charge is 0.236 e. The van der Waals surface area contributed by atoms with Gasteiger partial charge in [-0.15, -0.1) is 0 Å². The number of amides is 1. The summed E-state index contributed by atoms with van der Waals surface area (Å²) in [4.78, 5) is 15.7. The van der Waals surface area contributed by atoms with Crippen molar-refractivity contribution in [2.75, 3.05) is 39.8 Å². The first-order valence-corrected chi connectivity index (χ1v) is 7.20. The summed E-state index contributed by atoms with van der Waals surface area (Å²) in [6.07, 6.45) is 0. The van der Waals surface area contributed by atoms with E-state index in [1.165, 1.54) is 0 Å². The van der Waals surface area contributed by atoms with Gasteiger partial charge in [-0.1, -0.05) is 6.07 Å². The number of nitriles is 1. The van der Waals surface area contributed by atoms with Crippen molar-refractivity contribution in [2.45, 2.75) is 13.8 Å². The van der Waals surface area contributed by atoms with Crippen LogP contribution in [0, 0.1) is 11.3 Å². The summed E-state index contributed by atoms with van der Waals surface area (Å²) in [6, 6.07) is 9.14. The molecule has 0 aliphatic rings. The number of ether oxygens (including phenoxy) is 1. The zero-order chi connectivity index (χ0) is 15.7. The lowest BCUT2D eigenvalue weighted by atomic mass is 10.2. The Morgan fingerprint density at radius 1 is 1.33 bits per heavy atom. The lowest BCUT2D eigenvalue weighted by Gasteiger charge is -2.23. The molecule has 0 saturated carbocycles. The van der Waals surface area contributed by atoms with Crippen LogP contribution in [0.15, 0.2) is 24.3 Å². The van der Waals surface area contributed by atoms with E-state index in [1.807, 2.05) is 36.8 Å². The molecule has 114 valence electrons. The highest BCUT2D eigenvalue weighted by atomic mass is 16.5. The van der Waals surface area contributed by atoms with E-state index in [4.69, 9.17) is 10.00 Å². The van der Waals surface area contributed by atoms with Gasteiger partial charge in [0, 0.05) is 19.6 Å². The second kappa shape index (κ2) is 8.98. The number of nitrogens with zero attached hydrogens (tertiary/aromatic N) is 3. The first kappa shape index (κ1) is 17.0. The highest BCUT2D eigenvalue weighted by Gasteiger charge is 2.12. The number of benzene rings is 1. The van der Waals surface area contributed by atoms with Gasteiger partial charge in [0.2, 0.25) is 5.91 Å². The summed E-state index contributed by atoms with van der Waals surface area (Å²) in [7, 11) is 1.90. The summed E-state index contributed by atoms with van der Waals surface area (Å²) in [5.74, 6) is 0.812. The standard InChI is InChI=1S/C16H23N3O2/c1-4-19(5-2)16(20)13-18(3)9-10-21-15-8-6-7-14(11-15)12-17/h6-8,11H,4-5,9-10,13H2,1-3H3. The summed E-state index contributed by atoms with van der Waals surface area (Å²) < 4.78 is 5.60. The molecule has 0 bridgehead atoms. The third kappa shape index (κ3) is 5.84. The molecule has 0 fully saturated rings. The van der Waals surface area contributed by atoms with E-state index in [0.29, 0.717) is 31.0 Å². The first-order valence-electron chi connectivity index (χ1n) is 7.20. The van der Waals surface area contributed by atoms with Crippen molar-refractivity contribution in [1.82, 2.24) is 9.80 Å². The van der Waals surface area contributed by atoms with E-state index < -0.39 is 0 Å². The van der Waals surface area contributed by atoms with Crippen molar-refractivity contribution >= 4 is 5.91 Å². The predicted octanol–water partition coefficient (Wildman–Crippen LogP) is 1.74. The van der Waals surface area contributed by atoms with Gasteiger partial charge in [0.05, 0.1) is 18.2 Å². The molecule has 5 heteroatoms. The van der Waals surface area contributed by atoms with Gasteiger partial charge in [0.25, 0.3) is 0 Å². The predicted molar refractivity (Wildman–Crippen MR) is 82.1 cm³/mol. The number of carbonyl (C=O) groups excluding carboxylic acids is 1. The van der Waals surface area contributed by atoms with E-state index in [9.17, 15) is 4.79 Å². The van der Waals surface area contributed by atoms with Gasteiger partial charge in [0.1, 0.15) is 12.4 Å².